The Balaban J connectivity index is 2.58. The van der Waals surface area contributed by atoms with Gasteiger partial charge in [-0.25, -0.2) is 0 Å². The third-order valence-corrected chi connectivity index (χ3v) is 3.38. The summed E-state index contributed by atoms with van der Waals surface area (Å²) < 4.78 is 5.39. The molecule has 1 aromatic carbocycles. The highest BCUT2D eigenvalue weighted by molar-refractivity contribution is 6.18. The number of ether oxygens (including phenoxy) is 1. The SMILES string of the molecule is CCN(C(N)CCl)C(CNC(=O)c1ccccc1)OC. The van der Waals surface area contributed by atoms with Crippen LogP contribution in [0.3, 0.4) is 0 Å². The number of hydrogen-bond acceptors (Lipinski definition) is 4. The molecular formula is C14H22ClN3O2. The standard InChI is InChI=1S/C14H22ClN3O2/c1-3-18(12(16)9-15)13(20-2)10-17-14(19)11-7-5-4-6-8-11/h4-8,12-13H,3,9-10,16H2,1-2H3,(H,17,19). The summed E-state index contributed by atoms with van der Waals surface area (Å²) in [4.78, 5) is 13.9. The Hall–Kier alpha value is -1.14. The summed E-state index contributed by atoms with van der Waals surface area (Å²) in [7, 11) is 1.59. The number of hydrogen-bond donors (Lipinski definition) is 2. The Morgan fingerprint density at radius 1 is 1.45 bits per heavy atom. The lowest BCUT2D eigenvalue weighted by molar-refractivity contribution is -0.0447. The van der Waals surface area contributed by atoms with E-state index in [1.165, 1.54) is 0 Å². The van der Waals surface area contributed by atoms with E-state index in [0.717, 1.165) is 0 Å². The molecule has 5 nitrogen and oxygen atoms in total. The molecule has 0 radical (unpaired) electrons. The number of nitrogens with one attached hydrogen (secondary N) is 1. The van der Waals surface area contributed by atoms with Crippen molar-refractivity contribution < 1.29 is 9.53 Å². The van der Waals surface area contributed by atoms with Crippen molar-refractivity contribution in [1.82, 2.24) is 10.2 Å². The van der Waals surface area contributed by atoms with Gasteiger partial charge >= 0.3 is 0 Å². The molecule has 2 unspecified atom stereocenters. The number of nitrogens with zero attached hydrogens (tertiary/aromatic N) is 1. The van der Waals surface area contributed by atoms with E-state index in [1.807, 2.05) is 30.0 Å². The van der Waals surface area contributed by atoms with Crippen molar-refractivity contribution in [3.05, 3.63) is 35.9 Å². The van der Waals surface area contributed by atoms with E-state index in [1.54, 1.807) is 19.2 Å². The minimum Gasteiger partial charge on any atom is -0.364 e. The number of carbonyl (C=O) groups is 1. The van der Waals surface area contributed by atoms with Crippen molar-refractivity contribution >= 4 is 17.5 Å². The minimum absolute atomic E-state index is 0.136. The van der Waals surface area contributed by atoms with Gasteiger partial charge in [0, 0.05) is 12.7 Å². The van der Waals surface area contributed by atoms with E-state index in [-0.39, 0.29) is 18.3 Å². The van der Waals surface area contributed by atoms with Crippen LogP contribution in [0.1, 0.15) is 17.3 Å². The molecule has 0 bridgehead atoms. The Morgan fingerprint density at radius 2 is 2.10 bits per heavy atom. The fourth-order valence-corrected chi connectivity index (χ4v) is 2.13. The second kappa shape index (κ2) is 8.92. The lowest BCUT2D eigenvalue weighted by Gasteiger charge is -2.33. The Kier molecular flexibility index (Phi) is 7.54. The molecule has 1 rings (SSSR count). The molecule has 1 aromatic rings. The number of likely N-dealkylation sites (N-methyl/N-ethyl adjacent to an activating group) is 1. The van der Waals surface area contributed by atoms with Crippen LogP contribution >= 0.6 is 11.6 Å². The minimum atomic E-state index is -0.305. The van der Waals surface area contributed by atoms with Crippen LogP contribution in [-0.2, 0) is 4.74 Å². The molecule has 0 aromatic heterocycles. The predicted molar refractivity (Wildman–Crippen MR) is 80.6 cm³/mol. The molecule has 1 amide bonds. The Bertz CT molecular complexity index is 403. The third kappa shape index (κ3) is 4.76. The van der Waals surface area contributed by atoms with Crippen LogP contribution in [0.15, 0.2) is 30.3 Å². The number of rotatable bonds is 8. The molecule has 3 N–H and O–H groups in total. The highest BCUT2D eigenvalue weighted by Crippen LogP contribution is 2.05. The maximum atomic E-state index is 12.0. The van der Waals surface area contributed by atoms with Crippen molar-refractivity contribution in [3.8, 4) is 0 Å². The molecule has 2 atom stereocenters. The monoisotopic (exact) mass is 299 g/mol. The number of halogens is 1. The predicted octanol–water partition coefficient (Wildman–Crippen LogP) is 1.23. The topological polar surface area (TPSA) is 67.6 Å². The molecule has 0 heterocycles. The van der Waals surface area contributed by atoms with Crippen LogP contribution in [0.2, 0.25) is 0 Å². The van der Waals surface area contributed by atoms with Crippen LogP contribution in [0, 0.1) is 0 Å². The smallest absolute Gasteiger partial charge is 0.251 e. The van der Waals surface area contributed by atoms with Crippen molar-refractivity contribution in [2.45, 2.75) is 19.3 Å². The van der Waals surface area contributed by atoms with E-state index in [2.05, 4.69) is 5.32 Å². The van der Waals surface area contributed by atoms with E-state index in [0.29, 0.717) is 24.5 Å². The fraction of sp³-hybridized carbons (Fsp3) is 0.500. The summed E-state index contributed by atoms with van der Waals surface area (Å²) in [6, 6.07) is 9.04. The van der Waals surface area contributed by atoms with Gasteiger partial charge in [0.2, 0.25) is 0 Å². The molecule has 0 spiro atoms. The van der Waals surface area contributed by atoms with Crippen molar-refractivity contribution in [2.24, 2.45) is 5.73 Å². The molecule has 112 valence electrons. The van der Waals surface area contributed by atoms with Gasteiger partial charge in [0.25, 0.3) is 5.91 Å². The first-order valence-corrected chi connectivity index (χ1v) is 7.10. The number of alkyl halides is 1. The van der Waals surface area contributed by atoms with Crippen molar-refractivity contribution in [1.29, 1.82) is 0 Å². The van der Waals surface area contributed by atoms with E-state index in [4.69, 9.17) is 22.1 Å². The highest BCUT2D eigenvalue weighted by atomic mass is 35.5. The van der Waals surface area contributed by atoms with Gasteiger partial charge in [0.05, 0.1) is 18.6 Å². The molecule has 20 heavy (non-hydrogen) atoms. The summed E-state index contributed by atoms with van der Waals surface area (Å²) in [6.07, 6.45) is -0.610. The lowest BCUT2D eigenvalue weighted by atomic mass is 10.2. The van der Waals surface area contributed by atoms with E-state index >= 15 is 0 Å². The van der Waals surface area contributed by atoms with Gasteiger partial charge < -0.3 is 15.8 Å². The fourth-order valence-electron chi connectivity index (χ4n) is 1.95. The van der Waals surface area contributed by atoms with E-state index in [9.17, 15) is 4.79 Å². The number of methoxy groups -OCH3 is 1. The van der Waals surface area contributed by atoms with Gasteiger partial charge in [-0.3, -0.25) is 9.69 Å². The normalized spacial score (nSPS) is 14.1. The lowest BCUT2D eigenvalue weighted by Crippen LogP contribution is -2.53. The van der Waals surface area contributed by atoms with Crippen molar-refractivity contribution in [3.63, 3.8) is 0 Å². The van der Waals surface area contributed by atoms with Gasteiger partial charge in [0.15, 0.2) is 0 Å². The number of amides is 1. The first kappa shape index (κ1) is 16.9. The van der Waals surface area contributed by atoms with Crippen LogP contribution in [-0.4, -0.2) is 49.3 Å². The van der Waals surface area contributed by atoms with Crippen LogP contribution in [0.25, 0.3) is 0 Å². The summed E-state index contributed by atoms with van der Waals surface area (Å²) in [6.45, 7) is 3.01. The average Bonchev–Trinajstić information content (AvgIpc) is 2.51. The molecule has 0 fully saturated rings. The number of benzene rings is 1. The summed E-state index contributed by atoms with van der Waals surface area (Å²) in [5, 5.41) is 2.84. The molecule has 0 aliphatic rings. The maximum Gasteiger partial charge on any atom is 0.251 e. The average molecular weight is 300 g/mol. The number of carbonyl (C=O) groups excluding carboxylic acids is 1. The zero-order valence-corrected chi connectivity index (χ0v) is 12.6. The Labute approximate surface area is 125 Å². The quantitative estimate of drug-likeness (QED) is 0.560. The van der Waals surface area contributed by atoms with Gasteiger partial charge in [-0.1, -0.05) is 25.1 Å². The zero-order chi connectivity index (χ0) is 15.0. The second-order valence-corrected chi connectivity index (χ2v) is 4.63. The van der Waals surface area contributed by atoms with Gasteiger partial charge in [-0.2, -0.15) is 0 Å². The van der Waals surface area contributed by atoms with Gasteiger partial charge in [-0.15, -0.1) is 11.6 Å². The summed E-state index contributed by atoms with van der Waals surface area (Å²) in [5.41, 5.74) is 6.54. The van der Waals surface area contributed by atoms with Gasteiger partial charge in [0.1, 0.15) is 6.23 Å². The second-order valence-electron chi connectivity index (χ2n) is 4.32. The third-order valence-electron chi connectivity index (χ3n) is 3.06. The Morgan fingerprint density at radius 3 is 2.60 bits per heavy atom. The van der Waals surface area contributed by atoms with Crippen LogP contribution in [0.4, 0.5) is 0 Å². The molecule has 0 saturated carbocycles. The molecule has 6 heteroatoms. The molecule has 0 saturated heterocycles. The van der Waals surface area contributed by atoms with E-state index < -0.39 is 0 Å². The molecule has 0 aliphatic carbocycles. The van der Waals surface area contributed by atoms with Crippen LogP contribution in [0.5, 0.6) is 0 Å². The van der Waals surface area contributed by atoms with Gasteiger partial charge in [-0.05, 0) is 18.7 Å². The van der Waals surface area contributed by atoms with Crippen LogP contribution < -0.4 is 11.1 Å². The summed E-state index contributed by atoms with van der Waals surface area (Å²) in [5.74, 6) is 0.170. The maximum absolute atomic E-state index is 12.0. The largest absolute Gasteiger partial charge is 0.364 e. The number of nitrogens with two attached hydrogens (primary N) is 1. The zero-order valence-electron chi connectivity index (χ0n) is 11.9. The first-order valence-electron chi connectivity index (χ1n) is 6.57. The molecular weight excluding hydrogens is 278 g/mol. The molecule has 0 aliphatic heterocycles. The first-order chi connectivity index (χ1) is 9.63. The summed E-state index contributed by atoms with van der Waals surface area (Å²) >= 11 is 5.78. The highest BCUT2D eigenvalue weighted by Gasteiger charge is 2.22. The van der Waals surface area contributed by atoms with Crippen molar-refractivity contribution in [2.75, 3.05) is 26.1 Å².